The van der Waals surface area contributed by atoms with E-state index >= 15 is 0 Å². The molecule has 3 rings (SSSR count). The number of para-hydroxylation sites is 1. The monoisotopic (exact) mass is 299 g/mol. The Morgan fingerprint density at radius 2 is 2.27 bits per heavy atom. The normalized spacial score (nSPS) is 17.7. The van der Waals surface area contributed by atoms with Crippen LogP contribution in [0.1, 0.15) is 35.0 Å². The maximum atomic E-state index is 6.05. The lowest BCUT2D eigenvalue weighted by Gasteiger charge is -2.26. The first-order chi connectivity index (χ1) is 10.6. The van der Waals surface area contributed by atoms with Gasteiger partial charge in [-0.1, -0.05) is 18.2 Å². The van der Waals surface area contributed by atoms with E-state index in [-0.39, 0.29) is 6.04 Å². The molecule has 1 aromatic heterocycles. The number of guanidine groups is 1. The molecule has 2 heterocycles. The summed E-state index contributed by atoms with van der Waals surface area (Å²) in [5, 5.41) is 10.4. The average molecular weight is 299 g/mol. The highest BCUT2D eigenvalue weighted by Crippen LogP contribution is 2.31. The maximum absolute atomic E-state index is 6.05. The maximum Gasteiger partial charge on any atom is 0.189 e. The van der Waals surface area contributed by atoms with Gasteiger partial charge in [0.15, 0.2) is 5.96 Å². The quantitative estimate of drug-likeness (QED) is 0.597. The Morgan fingerprint density at radius 3 is 3.05 bits per heavy atom. The summed E-state index contributed by atoms with van der Waals surface area (Å²) in [6, 6.07) is 8.16. The summed E-state index contributed by atoms with van der Waals surface area (Å²) in [6.07, 6.45) is 0.872. The molecule has 4 N–H and O–H groups in total. The van der Waals surface area contributed by atoms with Gasteiger partial charge in [0.2, 0.25) is 0 Å². The largest absolute Gasteiger partial charge is 0.493 e. The Bertz CT molecular complexity index is 672. The lowest BCUT2D eigenvalue weighted by Crippen LogP contribution is -2.37. The van der Waals surface area contributed by atoms with Crippen molar-refractivity contribution in [2.24, 2.45) is 10.7 Å². The van der Waals surface area contributed by atoms with Crippen molar-refractivity contribution in [3.8, 4) is 5.75 Å². The van der Waals surface area contributed by atoms with Crippen LogP contribution in [0.15, 0.2) is 29.3 Å². The predicted octanol–water partition coefficient (Wildman–Crippen LogP) is 1.95. The summed E-state index contributed by atoms with van der Waals surface area (Å²) < 4.78 is 5.65. The Hall–Kier alpha value is -2.50. The zero-order valence-electron chi connectivity index (χ0n) is 12.9. The van der Waals surface area contributed by atoms with Gasteiger partial charge in [0.1, 0.15) is 5.75 Å². The molecule has 116 valence electrons. The van der Waals surface area contributed by atoms with Gasteiger partial charge in [0.25, 0.3) is 0 Å². The molecule has 0 amide bonds. The van der Waals surface area contributed by atoms with E-state index in [9.17, 15) is 0 Å². The van der Waals surface area contributed by atoms with Crippen molar-refractivity contribution in [1.82, 2.24) is 15.5 Å². The van der Waals surface area contributed by atoms with Crippen LogP contribution in [-0.4, -0.2) is 22.8 Å². The van der Waals surface area contributed by atoms with Crippen molar-refractivity contribution in [3.05, 3.63) is 46.8 Å². The summed E-state index contributed by atoms with van der Waals surface area (Å²) in [6.45, 7) is 5.16. The van der Waals surface area contributed by atoms with Crippen LogP contribution in [0.5, 0.6) is 5.75 Å². The first kappa shape index (κ1) is 14.4. The third kappa shape index (κ3) is 2.90. The molecule has 22 heavy (non-hydrogen) atoms. The van der Waals surface area contributed by atoms with E-state index in [4.69, 9.17) is 10.5 Å². The highest BCUT2D eigenvalue weighted by atomic mass is 16.5. The van der Waals surface area contributed by atoms with Gasteiger partial charge in [0.05, 0.1) is 24.9 Å². The molecule has 0 bridgehead atoms. The predicted molar refractivity (Wildman–Crippen MR) is 85.8 cm³/mol. The zero-order valence-corrected chi connectivity index (χ0v) is 12.9. The lowest BCUT2D eigenvalue weighted by molar-refractivity contribution is 0.262. The number of aromatic nitrogens is 2. The van der Waals surface area contributed by atoms with Crippen LogP contribution in [0.3, 0.4) is 0 Å². The third-order valence-corrected chi connectivity index (χ3v) is 3.97. The second-order valence-corrected chi connectivity index (χ2v) is 5.49. The fourth-order valence-electron chi connectivity index (χ4n) is 2.69. The molecule has 0 saturated carbocycles. The number of fused-ring (bicyclic) bond motifs is 1. The number of ether oxygens (including phenoxy) is 1. The van der Waals surface area contributed by atoms with Crippen LogP contribution in [0, 0.1) is 13.8 Å². The molecular weight excluding hydrogens is 278 g/mol. The summed E-state index contributed by atoms with van der Waals surface area (Å²) in [4.78, 5) is 4.44. The first-order valence-electron chi connectivity index (χ1n) is 7.44. The topological polar surface area (TPSA) is 88.3 Å². The van der Waals surface area contributed by atoms with E-state index < -0.39 is 0 Å². The van der Waals surface area contributed by atoms with Crippen LogP contribution in [-0.2, 0) is 6.54 Å². The number of aliphatic imine (C=N–C) groups is 1. The molecule has 0 aliphatic carbocycles. The zero-order chi connectivity index (χ0) is 15.5. The Morgan fingerprint density at radius 1 is 1.45 bits per heavy atom. The minimum atomic E-state index is 0.139. The van der Waals surface area contributed by atoms with E-state index in [0.717, 1.165) is 34.7 Å². The minimum absolute atomic E-state index is 0.139. The lowest BCUT2D eigenvalue weighted by atomic mass is 10.0. The molecule has 1 aliphatic rings. The molecule has 6 nitrogen and oxygen atoms in total. The van der Waals surface area contributed by atoms with Crippen molar-refractivity contribution in [1.29, 1.82) is 0 Å². The van der Waals surface area contributed by atoms with Crippen molar-refractivity contribution >= 4 is 5.96 Å². The number of H-pyrrole nitrogens is 1. The number of nitrogens with zero attached hydrogens (tertiary/aromatic N) is 2. The van der Waals surface area contributed by atoms with Crippen LogP contribution in [0.2, 0.25) is 0 Å². The first-order valence-corrected chi connectivity index (χ1v) is 7.44. The van der Waals surface area contributed by atoms with Crippen LogP contribution < -0.4 is 15.8 Å². The van der Waals surface area contributed by atoms with Gasteiger partial charge in [-0.25, -0.2) is 4.99 Å². The van der Waals surface area contributed by atoms with Gasteiger partial charge >= 0.3 is 0 Å². The molecule has 0 radical (unpaired) electrons. The van der Waals surface area contributed by atoms with Gasteiger partial charge in [-0.15, -0.1) is 0 Å². The fourth-order valence-corrected chi connectivity index (χ4v) is 2.69. The third-order valence-electron chi connectivity index (χ3n) is 3.97. The summed E-state index contributed by atoms with van der Waals surface area (Å²) in [5.41, 5.74) is 10.3. The van der Waals surface area contributed by atoms with Crippen molar-refractivity contribution in [3.63, 3.8) is 0 Å². The van der Waals surface area contributed by atoms with Crippen LogP contribution in [0.4, 0.5) is 0 Å². The van der Waals surface area contributed by atoms with E-state index in [0.29, 0.717) is 19.1 Å². The molecule has 1 atom stereocenters. The van der Waals surface area contributed by atoms with E-state index in [1.165, 1.54) is 0 Å². The molecule has 2 aromatic rings. The molecule has 1 aliphatic heterocycles. The van der Waals surface area contributed by atoms with Crippen molar-refractivity contribution in [2.45, 2.75) is 32.9 Å². The van der Waals surface area contributed by atoms with Crippen LogP contribution in [0.25, 0.3) is 0 Å². The van der Waals surface area contributed by atoms with Crippen molar-refractivity contribution < 1.29 is 4.74 Å². The second kappa shape index (κ2) is 6.09. The number of benzene rings is 1. The number of nitrogens with one attached hydrogen (secondary N) is 2. The summed E-state index contributed by atoms with van der Waals surface area (Å²) >= 11 is 0. The van der Waals surface area contributed by atoms with Crippen LogP contribution >= 0.6 is 0 Å². The standard InChI is InChI=1S/C16H21N5O/c1-10-13(11(2)21-20-10)9-18-16(17)19-14-7-8-22-15-6-4-3-5-12(14)15/h3-6,14H,7-9H2,1-2H3,(H,20,21)(H3,17,18,19). The van der Waals surface area contributed by atoms with E-state index in [2.05, 4.69) is 26.6 Å². The van der Waals surface area contributed by atoms with Gasteiger partial charge in [-0.05, 0) is 19.9 Å². The Labute approximate surface area is 129 Å². The number of hydrogen-bond acceptors (Lipinski definition) is 3. The SMILES string of the molecule is Cc1n[nH]c(C)c1CN=C(N)NC1CCOc2ccccc21. The van der Waals surface area contributed by atoms with Gasteiger partial charge in [-0.2, -0.15) is 5.10 Å². The van der Waals surface area contributed by atoms with E-state index in [1.807, 2.05) is 32.0 Å². The molecule has 6 heteroatoms. The van der Waals surface area contributed by atoms with Gasteiger partial charge in [-0.3, -0.25) is 5.10 Å². The Kier molecular flexibility index (Phi) is 4.00. The number of rotatable bonds is 3. The highest BCUT2D eigenvalue weighted by Gasteiger charge is 2.21. The second-order valence-electron chi connectivity index (χ2n) is 5.49. The number of nitrogens with two attached hydrogens (primary N) is 1. The molecular formula is C16H21N5O. The van der Waals surface area contributed by atoms with E-state index in [1.54, 1.807) is 0 Å². The number of aromatic amines is 1. The fraction of sp³-hybridized carbons (Fsp3) is 0.375. The van der Waals surface area contributed by atoms with Gasteiger partial charge < -0.3 is 15.8 Å². The Balaban J connectivity index is 1.70. The molecule has 0 fully saturated rings. The summed E-state index contributed by atoms with van der Waals surface area (Å²) in [5.74, 6) is 1.36. The highest BCUT2D eigenvalue weighted by molar-refractivity contribution is 5.78. The molecule has 0 spiro atoms. The number of hydrogen-bond donors (Lipinski definition) is 3. The van der Waals surface area contributed by atoms with Gasteiger partial charge in [0, 0.05) is 23.2 Å². The minimum Gasteiger partial charge on any atom is -0.493 e. The molecule has 0 saturated heterocycles. The molecule has 1 unspecified atom stereocenters. The van der Waals surface area contributed by atoms with Crippen molar-refractivity contribution in [2.75, 3.05) is 6.61 Å². The average Bonchev–Trinajstić information content (AvgIpc) is 2.84. The smallest absolute Gasteiger partial charge is 0.189 e. The molecule has 1 aromatic carbocycles. The number of aryl methyl sites for hydroxylation is 2. The summed E-state index contributed by atoms with van der Waals surface area (Å²) in [7, 11) is 0.